The summed E-state index contributed by atoms with van der Waals surface area (Å²) in [6, 6.07) is 23.0. The van der Waals surface area contributed by atoms with Gasteiger partial charge >= 0.3 is 0 Å². The van der Waals surface area contributed by atoms with Gasteiger partial charge in [0.25, 0.3) is 0 Å². The molecule has 0 radical (unpaired) electrons. The number of anilines is 1. The Bertz CT molecular complexity index is 1440. The monoisotopic (exact) mass is 669 g/mol. The van der Waals surface area contributed by atoms with Gasteiger partial charge in [-0.25, -0.2) is 8.42 Å². The van der Waals surface area contributed by atoms with Crippen LogP contribution >= 0.6 is 15.9 Å². The summed E-state index contributed by atoms with van der Waals surface area (Å²) < 4.78 is 33.5. The van der Waals surface area contributed by atoms with Crippen LogP contribution in [0.15, 0.2) is 83.3 Å². The first-order valence-electron chi connectivity index (χ1n) is 14.7. The van der Waals surface area contributed by atoms with E-state index in [4.69, 9.17) is 4.74 Å². The number of nitrogens with one attached hydrogen (secondary N) is 1. The Morgan fingerprint density at radius 2 is 1.58 bits per heavy atom. The quantitative estimate of drug-likeness (QED) is 0.252. The van der Waals surface area contributed by atoms with E-state index in [0.29, 0.717) is 24.5 Å². The number of carbonyl (C=O) groups excluding carboxylic acids is 2. The molecular weight excluding hydrogens is 630 g/mol. The Kier molecular flexibility index (Phi) is 11.6. The maximum absolute atomic E-state index is 14.2. The number of sulfonamides is 1. The molecule has 3 aromatic rings. The number of rotatable bonds is 13. The van der Waals surface area contributed by atoms with E-state index >= 15 is 0 Å². The first-order valence-corrected chi connectivity index (χ1v) is 17.4. The third-order valence-electron chi connectivity index (χ3n) is 7.60. The number of benzene rings is 3. The van der Waals surface area contributed by atoms with E-state index in [9.17, 15) is 18.0 Å². The standard InChI is InChI=1S/C33H40BrN3O5S/c1-3-42-30-20-18-29(19-21-30)37(43(2,40)41)24-32(38)36(23-26-14-16-27(34)17-15-26)31(22-25-10-6-4-7-11-25)33(39)35-28-12-8-5-9-13-28/h4,6-7,10-11,14-21,28,31H,3,5,8-9,12-13,22-24H2,1-2H3,(H,35,39). The van der Waals surface area contributed by atoms with Gasteiger partial charge in [-0.1, -0.05) is 77.7 Å². The van der Waals surface area contributed by atoms with Crippen LogP contribution < -0.4 is 14.4 Å². The van der Waals surface area contributed by atoms with Gasteiger partial charge in [-0.15, -0.1) is 0 Å². The topological polar surface area (TPSA) is 96.0 Å². The smallest absolute Gasteiger partial charge is 0.244 e. The van der Waals surface area contributed by atoms with Crippen molar-refractivity contribution in [3.8, 4) is 5.75 Å². The highest BCUT2D eigenvalue weighted by molar-refractivity contribution is 9.10. The van der Waals surface area contributed by atoms with E-state index in [-0.39, 0.29) is 18.5 Å². The van der Waals surface area contributed by atoms with Crippen LogP contribution in [0.1, 0.15) is 50.2 Å². The lowest BCUT2D eigenvalue weighted by molar-refractivity contribution is -0.140. The number of hydrogen-bond donors (Lipinski definition) is 1. The van der Waals surface area contributed by atoms with Gasteiger partial charge in [0, 0.05) is 23.5 Å². The Labute approximate surface area is 263 Å². The summed E-state index contributed by atoms with van der Waals surface area (Å²) in [7, 11) is -3.84. The SMILES string of the molecule is CCOc1ccc(N(CC(=O)N(Cc2ccc(Br)cc2)C(Cc2ccccc2)C(=O)NC2CCCCC2)S(C)(=O)=O)cc1. The number of nitrogens with zero attached hydrogens (tertiary/aromatic N) is 2. The van der Waals surface area contributed by atoms with Gasteiger partial charge in [-0.3, -0.25) is 13.9 Å². The van der Waals surface area contributed by atoms with E-state index in [2.05, 4.69) is 21.2 Å². The second kappa shape index (κ2) is 15.4. The third kappa shape index (κ3) is 9.56. The third-order valence-corrected chi connectivity index (χ3v) is 9.27. The normalized spacial score (nSPS) is 14.5. The fraction of sp³-hybridized carbons (Fsp3) is 0.394. The molecule has 8 nitrogen and oxygen atoms in total. The van der Waals surface area contributed by atoms with Crippen LogP contribution in [0.3, 0.4) is 0 Å². The van der Waals surface area contributed by atoms with Gasteiger partial charge in [0.15, 0.2) is 0 Å². The summed E-state index contributed by atoms with van der Waals surface area (Å²) in [5, 5.41) is 3.22. The fourth-order valence-corrected chi connectivity index (χ4v) is 6.49. The first-order chi connectivity index (χ1) is 20.6. The molecule has 230 valence electrons. The zero-order valence-electron chi connectivity index (χ0n) is 24.7. The van der Waals surface area contributed by atoms with Crippen LogP contribution in [0, 0.1) is 0 Å². The minimum atomic E-state index is -3.84. The Hall–Kier alpha value is -3.37. The molecule has 1 aliphatic carbocycles. The molecule has 1 fully saturated rings. The van der Waals surface area contributed by atoms with Crippen molar-refractivity contribution in [2.75, 3.05) is 23.7 Å². The van der Waals surface area contributed by atoms with Crippen molar-refractivity contribution >= 4 is 43.5 Å². The average Bonchev–Trinajstić information content (AvgIpc) is 2.99. The van der Waals surface area contributed by atoms with E-state index < -0.39 is 28.5 Å². The molecule has 0 aliphatic heterocycles. The molecule has 1 atom stereocenters. The van der Waals surface area contributed by atoms with Crippen molar-refractivity contribution in [1.82, 2.24) is 10.2 Å². The van der Waals surface area contributed by atoms with Crippen molar-refractivity contribution < 1.29 is 22.7 Å². The highest BCUT2D eigenvalue weighted by Crippen LogP contribution is 2.24. The summed E-state index contributed by atoms with van der Waals surface area (Å²) in [6.07, 6.45) is 6.45. The van der Waals surface area contributed by atoms with Crippen molar-refractivity contribution in [3.63, 3.8) is 0 Å². The summed E-state index contributed by atoms with van der Waals surface area (Å²) in [4.78, 5) is 29.8. The van der Waals surface area contributed by atoms with Crippen molar-refractivity contribution in [3.05, 3.63) is 94.5 Å². The number of hydrogen-bond acceptors (Lipinski definition) is 5. The van der Waals surface area contributed by atoms with Crippen LogP contribution in [0.25, 0.3) is 0 Å². The molecule has 0 bridgehead atoms. The highest BCUT2D eigenvalue weighted by atomic mass is 79.9. The molecule has 1 aliphatic rings. The predicted octanol–water partition coefficient (Wildman–Crippen LogP) is 5.70. The molecule has 1 N–H and O–H groups in total. The maximum Gasteiger partial charge on any atom is 0.244 e. The number of amides is 2. The van der Waals surface area contributed by atoms with Crippen molar-refractivity contribution in [2.45, 2.75) is 64.1 Å². The van der Waals surface area contributed by atoms with Gasteiger partial charge in [0.05, 0.1) is 18.6 Å². The molecule has 0 saturated heterocycles. The second-order valence-electron chi connectivity index (χ2n) is 10.9. The zero-order chi connectivity index (χ0) is 30.8. The molecule has 3 aromatic carbocycles. The van der Waals surface area contributed by atoms with Crippen LogP contribution in [0.4, 0.5) is 5.69 Å². The molecule has 0 spiro atoms. The minimum Gasteiger partial charge on any atom is -0.494 e. The van der Waals surface area contributed by atoms with Crippen LogP contribution in [-0.2, 0) is 32.6 Å². The summed E-state index contributed by atoms with van der Waals surface area (Å²) in [6.45, 7) is 2.03. The van der Waals surface area contributed by atoms with E-state index in [1.54, 1.807) is 24.3 Å². The number of ether oxygens (including phenoxy) is 1. The van der Waals surface area contributed by atoms with Gasteiger partial charge in [-0.05, 0) is 67.3 Å². The lowest BCUT2D eigenvalue weighted by Gasteiger charge is -2.35. The summed E-state index contributed by atoms with van der Waals surface area (Å²) >= 11 is 3.46. The average molecular weight is 671 g/mol. The first kappa shape index (κ1) is 32.5. The Morgan fingerprint density at radius 1 is 0.930 bits per heavy atom. The minimum absolute atomic E-state index is 0.0560. The molecule has 0 heterocycles. The molecule has 1 saturated carbocycles. The highest BCUT2D eigenvalue weighted by Gasteiger charge is 2.34. The number of halogens is 1. The fourth-order valence-electron chi connectivity index (χ4n) is 5.37. The molecule has 1 unspecified atom stereocenters. The molecular formula is C33H40BrN3O5S. The van der Waals surface area contributed by atoms with Gasteiger partial charge in [0.1, 0.15) is 18.3 Å². The lowest BCUT2D eigenvalue weighted by atomic mass is 9.94. The largest absolute Gasteiger partial charge is 0.494 e. The van der Waals surface area contributed by atoms with Crippen LogP contribution in [0.5, 0.6) is 5.75 Å². The number of carbonyl (C=O) groups is 2. The summed E-state index contributed by atoms with van der Waals surface area (Å²) in [5.41, 5.74) is 2.08. The molecule has 4 rings (SSSR count). The Morgan fingerprint density at radius 3 is 2.19 bits per heavy atom. The molecule has 2 amide bonds. The van der Waals surface area contributed by atoms with Gasteiger partial charge in [-0.2, -0.15) is 0 Å². The van der Waals surface area contributed by atoms with Crippen molar-refractivity contribution in [2.24, 2.45) is 0 Å². The van der Waals surface area contributed by atoms with Gasteiger partial charge < -0.3 is 15.0 Å². The van der Waals surface area contributed by atoms with Crippen LogP contribution in [0.2, 0.25) is 0 Å². The summed E-state index contributed by atoms with van der Waals surface area (Å²) in [5.74, 6) is -0.0969. The maximum atomic E-state index is 14.2. The van der Waals surface area contributed by atoms with E-state index in [0.717, 1.165) is 58.3 Å². The van der Waals surface area contributed by atoms with Crippen molar-refractivity contribution in [1.29, 1.82) is 0 Å². The van der Waals surface area contributed by atoms with E-state index in [1.807, 2.05) is 61.5 Å². The lowest BCUT2D eigenvalue weighted by Crippen LogP contribution is -2.55. The van der Waals surface area contributed by atoms with E-state index in [1.165, 1.54) is 4.90 Å². The van der Waals surface area contributed by atoms with Gasteiger partial charge in [0.2, 0.25) is 21.8 Å². The zero-order valence-corrected chi connectivity index (χ0v) is 27.1. The van der Waals surface area contributed by atoms with Crippen LogP contribution in [-0.4, -0.2) is 56.6 Å². The Balaban J connectivity index is 1.70. The molecule has 43 heavy (non-hydrogen) atoms. The molecule has 0 aromatic heterocycles. The predicted molar refractivity (Wildman–Crippen MR) is 173 cm³/mol. The second-order valence-corrected chi connectivity index (χ2v) is 13.7. The molecule has 10 heteroatoms.